The van der Waals surface area contributed by atoms with E-state index in [1.54, 1.807) is 36.3 Å². The molecule has 0 aliphatic carbocycles. The van der Waals surface area contributed by atoms with Crippen LogP contribution in [0.5, 0.6) is 5.88 Å². The highest BCUT2D eigenvalue weighted by Crippen LogP contribution is 2.16. The first kappa shape index (κ1) is 22.9. The van der Waals surface area contributed by atoms with Crippen LogP contribution in [0.25, 0.3) is 0 Å². The molecule has 1 aliphatic heterocycles. The summed E-state index contributed by atoms with van der Waals surface area (Å²) in [5, 5.41) is 3.22. The fourth-order valence-corrected chi connectivity index (χ4v) is 3.93. The largest absolute Gasteiger partial charge is 0.478 e. The fraction of sp³-hybridized carbons (Fsp3) is 0.440. The van der Waals surface area contributed by atoms with E-state index in [-0.39, 0.29) is 5.56 Å². The molecule has 0 spiro atoms. The van der Waals surface area contributed by atoms with Gasteiger partial charge < -0.3 is 14.6 Å². The number of ether oxygens (including phenoxy) is 1. The molecule has 0 bridgehead atoms. The Hall–Kier alpha value is -3.26. The standard InChI is InChI=1S/C25H32N6O2/c1-30-12-7-20(16-24(30)32)14-22-17-28-25(29-18-22)27-8-5-13-33-23-15-21(6-9-26-23)19-31-10-3-2-4-11-31/h6-7,9,12,15-18H,2-5,8,10-11,13-14,19H2,1H3,(H,27,28,29). The molecule has 4 rings (SSSR count). The van der Waals surface area contributed by atoms with Gasteiger partial charge in [-0.25, -0.2) is 15.0 Å². The first-order valence-corrected chi connectivity index (χ1v) is 11.7. The van der Waals surface area contributed by atoms with Gasteiger partial charge in [-0.2, -0.15) is 0 Å². The van der Waals surface area contributed by atoms with E-state index in [9.17, 15) is 4.79 Å². The predicted octanol–water partition coefficient (Wildman–Crippen LogP) is 3.03. The average Bonchev–Trinajstić information content (AvgIpc) is 2.83. The third-order valence-corrected chi connectivity index (χ3v) is 5.79. The predicted molar refractivity (Wildman–Crippen MR) is 128 cm³/mol. The third kappa shape index (κ3) is 7.12. The van der Waals surface area contributed by atoms with Crippen molar-refractivity contribution in [3.8, 4) is 5.88 Å². The summed E-state index contributed by atoms with van der Waals surface area (Å²) in [4.78, 5) is 27.3. The zero-order valence-corrected chi connectivity index (χ0v) is 19.2. The second kappa shape index (κ2) is 11.6. The number of nitrogens with one attached hydrogen (secondary N) is 1. The Kier molecular flexibility index (Phi) is 8.03. The van der Waals surface area contributed by atoms with Crippen LogP contribution in [0.1, 0.15) is 42.4 Å². The molecule has 0 saturated carbocycles. The molecule has 3 aromatic rings. The minimum Gasteiger partial charge on any atom is -0.478 e. The molecule has 3 aromatic heterocycles. The molecule has 1 aliphatic rings. The quantitative estimate of drug-likeness (QED) is 0.477. The Morgan fingerprint density at radius 1 is 1.00 bits per heavy atom. The maximum absolute atomic E-state index is 11.7. The number of anilines is 1. The summed E-state index contributed by atoms with van der Waals surface area (Å²) in [6, 6.07) is 7.70. The molecular formula is C25H32N6O2. The molecule has 1 fully saturated rings. The Balaban J connectivity index is 1.17. The molecule has 33 heavy (non-hydrogen) atoms. The van der Waals surface area contributed by atoms with Gasteiger partial charge in [0.1, 0.15) is 0 Å². The molecule has 0 radical (unpaired) electrons. The summed E-state index contributed by atoms with van der Waals surface area (Å²) in [6.07, 6.45) is 12.6. The van der Waals surface area contributed by atoms with Gasteiger partial charge >= 0.3 is 0 Å². The molecule has 0 unspecified atom stereocenters. The van der Waals surface area contributed by atoms with E-state index in [0.29, 0.717) is 31.4 Å². The molecule has 1 saturated heterocycles. The second-order valence-electron chi connectivity index (χ2n) is 8.54. The topological polar surface area (TPSA) is 85.2 Å². The van der Waals surface area contributed by atoms with Crippen LogP contribution in [0, 0.1) is 0 Å². The molecule has 4 heterocycles. The van der Waals surface area contributed by atoms with Crippen molar-refractivity contribution < 1.29 is 4.74 Å². The lowest BCUT2D eigenvalue weighted by molar-refractivity contribution is 0.220. The highest BCUT2D eigenvalue weighted by molar-refractivity contribution is 5.27. The van der Waals surface area contributed by atoms with Gasteiger partial charge in [-0.1, -0.05) is 6.42 Å². The SMILES string of the molecule is Cn1ccc(Cc2cnc(NCCCOc3cc(CN4CCCCC4)ccn3)nc2)cc1=O. The maximum atomic E-state index is 11.7. The summed E-state index contributed by atoms with van der Waals surface area (Å²) in [7, 11) is 1.74. The lowest BCUT2D eigenvalue weighted by Crippen LogP contribution is -2.29. The molecule has 1 N–H and O–H groups in total. The minimum atomic E-state index is -0.0159. The van der Waals surface area contributed by atoms with Crippen LogP contribution in [-0.4, -0.2) is 50.7 Å². The van der Waals surface area contributed by atoms with Crippen molar-refractivity contribution in [2.45, 2.75) is 38.6 Å². The maximum Gasteiger partial charge on any atom is 0.250 e. The molecule has 8 nitrogen and oxygen atoms in total. The Bertz CT molecular complexity index is 1080. The number of aryl methyl sites for hydroxylation is 1. The smallest absolute Gasteiger partial charge is 0.250 e. The van der Waals surface area contributed by atoms with Crippen LogP contribution < -0.4 is 15.6 Å². The molecule has 8 heteroatoms. The van der Waals surface area contributed by atoms with Gasteiger partial charge in [-0.15, -0.1) is 0 Å². The van der Waals surface area contributed by atoms with Crippen molar-refractivity contribution in [2.75, 3.05) is 31.6 Å². The van der Waals surface area contributed by atoms with E-state index < -0.39 is 0 Å². The van der Waals surface area contributed by atoms with Gasteiger partial charge in [0.25, 0.3) is 5.56 Å². The molecule has 0 atom stereocenters. The van der Waals surface area contributed by atoms with Gasteiger partial charge in [-0.3, -0.25) is 9.69 Å². The summed E-state index contributed by atoms with van der Waals surface area (Å²) in [5.41, 5.74) is 3.16. The van der Waals surface area contributed by atoms with Crippen molar-refractivity contribution in [1.82, 2.24) is 24.4 Å². The summed E-state index contributed by atoms with van der Waals surface area (Å²) in [5.74, 6) is 1.27. The average molecular weight is 449 g/mol. The fourth-order valence-electron chi connectivity index (χ4n) is 3.93. The Labute approximate surface area is 194 Å². The lowest BCUT2D eigenvalue weighted by Gasteiger charge is -2.26. The van der Waals surface area contributed by atoms with E-state index in [1.165, 1.54) is 37.9 Å². The van der Waals surface area contributed by atoms with Crippen LogP contribution >= 0.6 is 0 Å². The van der Waals surface area contributed by atoms with Gasteiger partial charge in [0.05, 0.1) is 6.61 Å². The van der Waals surface area contributed by atoms with Gasteiger partial charge in [0.2, 0.25) is 11.8 Å². The number of hydrogen-bond acceptors (Lipinski definition) is 7. The molecule has 0 amide bonds. The zero-order chi connectivity index (χ0) is 22.9. The summed E-state index contributed by atoms with van der Waals surface area (Å²) < 4.78 is 7.39. The van der Waals surface area contributed by atoms with E-state index in [1.807, 2.05) is 18.3 Å². The number of nitrogens with zero attached hydrogens (tertiary/aromatic N) is 5. The van der Waals surface area contributed by atoms with Crippen LogP contribution in [0.15, 0.2) is 53.8 Å². The van der Waals surface area contributed by atoms with Crippen molar-refractivity contribution >= 4 is 5.95 Å². The highest BCUT2D eigenvalue weighted by atomic mass is 16.5. The monoisotopic (exact) mass is 448 g/mol. The minimum absolute atomic E-state index is 0.0159. The number of rotatable bonds is 10. The highest BCUT2D eigenvalue weighted by Gasteiger charge is 2.11. The summed E-state index contributed by atoms with van der Waals surface area (Å²) in [6.45, 7) is 4.61. The number of piperidine rings is 1. The molecular weight excluding hydrogens is 416 g/mol. The van der Waals surface area contributed by atoms with E-state index >= 15 is 0 Å². The third-order valence-electron chi connectivity index (χ3n) is 5.79. The first-order valence-electron chi connectivity index (χ1n) is 11.7. The lowest BCUT2D eigenvalue weighted by atomic mass is 10.1. The number of likely N-dealkylation sites (tertiary alicyclic amines) is 1. The van der Waals surface area contributed by atoms with E-state index in [4.69, 9.17) is 4.74 Å². The van der Waals surface area contributed by atoms with Crippen molar-refractivity contribution in [3.63, 3.8) is 0 Å². The number of hydrogen-bond donors (Lipinski definition) is 1. The molecule has 174 valence electrons. The second-order valence-corrected chi connectivity index (χ2v) is 8.54. The first-order chi connectivity index (χ1) is 16.2. The van der Waals surface area contributed by atoms with Gasteiger partial charge in [0, 0.05) is 63.5 Å². The number of aromatic nitrogens is 4. The van der Waals surface area contributed by atoms with Crippen LogP contribution in [-0.2, 0) is 20.0 Å². The van der Waals surface area contributed by atoms with E-state index in [2.05, 4.69) is 31.2 Å². The van der Waals surface area contributed by atoms with Crippen molar-refractivity contribution in [3.05, 3.63) is 76.1 Å². The van der Waals surface area contributed by atoms with Crippen molar-refractivity contribution in [2.24, 2.45) is 7.05 Å². The van der Waals surface area contributed by atoms with Crippen LogP contribution in [0.3, 0.4) is 0 Å². The Morgan fingerprint density at radius 2 is 1.82 bits per heavy atom. The molecule has 0 aromatic carbocycles. The number of pyridine rings is 2. The normalized spacial score (nSPS) is 14.2. The van der Waals surface area contributed by atoms with Gasteiger partial charge in [-0.05, 0) is 61.2 Å². The van der Waals surface area contributed by atoms with Crippen molar-refractivity contribution in [1.29, 1.82) is 0 Å². The summed E-state index contributed by atoms with van der Waals surface area (Å²) >= 11 is 0. The zero-order valence-electron chi connectivity index (χ0n) is 19.2. The Morgan fingerprint density at radius 3 is 2.61 bits per heavy atom. The van der Waals surface area contributed by atoms with Crippen LogP contribution in [0.2, 0.25) is 0 Å². The van der Waals surface area contributed by atoms with E-state index in [0.717, 1.165) is 24.1 Å². The van der Waals surface area contributed by atoms with Gasteiger partial charge in [0.15, 0.2) is 0 Å². The van der Waals surface area contributed by atoms with Crippen LogP contribution in [0.4, 0.5) is 5.95 Å².